The lowest BCUT2D eigenvalue weighted by molar-refractivity contribution is -0.118. The summed E-state index contributed by atoms with van der Waals surface area (Å²) in [6.07, 6.45) is 1.58. The molecule has 124 valence electrons. The fourth-order valence-corrected chi connectivity index (χ4v) is 2.91. The molecule has 8 heteroatoms. The van der Waals surface area contributed by atoms with Crippen LogP contribution in [0.5, 0.6) is 11.8 Å². The summed E-state index contributed by atoms with van der Waals surface area (Å²) in [5, 5.41) is 3.23. The number of ether oxygens (including phenoxy) is 2. The molecule has 24 heavy (non-hydrogen) atoms. The molecule has 0 unspecified atom stereocenters. The third kappa shape index (κ3) is 3.96. The van der Waals surface area contributed by atoms with Gasteiger partial charge in [-0.15, -0.1) is 0 Å². The molecule has 0 aliphatic carbocycles. The Balaban J connectivity index is 1.62. The second-order valence-electron chi connectivity index (χ2n) is 4.90. The zero-order valence-electron chi connectivity index (χ0n) is 13.3. The van der Waals surface area contributed by atoms with Crippen LogP contribution in [0.15, 0.2) is 30.5 Å². The summed E-state index contributed by atoms with van der Waals surface area (Å²) in [7, 11) is 0. The van der Waals surface area contributed by atoms with Crippen LogP contribution in [-0.4, -0.2) is 34.1 Å². The number of hydrogen-bond donors (Lipinski definition) is 1. The summed E-state index contributed by atoms with van der Waals surface area (Å²) in [5.74, 6) is 0.468. The molecule has 1 aromatic carbocycles. The fraction of sp³-hybridized carbons (Fsp3) is 0.250. The predicted molar refractivity (Wildman–Crippen MR) is 91.7 cm³/mol. The van der Waals surface area contributed by atoms with Crippen LogP contribution in [0.25, 0.3) is 10.2 Å². The van der Waals surface area contributed by atoms with Crippen LogP contribution < -0.4 is 14.8 Å². The maximum atomic E-state index is 12.0. The van der Waals surface area contributed by atoms with Crippen molar-refractivity contribution in [2.24, 2.45) is 0 Å². The first-order valence-corrected chi connectivity index (χ1v) is 8.21. The van der Waals surface area contributed by atoms with Gasteiger partial charge in [0.2, 0.25) is 0 Å². The molecule has 0 bridgehead atoms. The fourth-order valence-electron chi connectivity index (χ4n) is 2.00. The number of aryl methyl sites for hydroxylation is 1. The van der Waals surface area contributed by atoms with Crippen molar-refractivity contribution in [1.29, 1.82) is 0 Å². The van der Waals surface area contributed by atoms with Crippen LogP contribution in [0.2, 0.25) is 0 Å². The van der Waals surface area contributed by atoms with E-state index in [-0.39, 0.29) is 18.5 Å². The number of fused-ring (bicyclic) bond motifs is 1. The third-order valence-corrected chi connectivity index (χ3v) is 3.96. The van der Waals surface area contributed by atoms with Gasteiger partial charge in [-0.3, -0.25) is 10.1 Å². The summed E-state index contributed by atoms with van der Waals surface area (Å²) < 4.78 is 11.7. The number of amides is 1. The van der Waals surface area contributed by atoms with Crippen LogP contribution in [0, 0.1) is 6.92 Å². The number of carbonyl (C=O) groups excluding carboxylic acids is 1. The Morgan fingerprint density at radius 3 is 2.92 bits per heavy atom. The van der Waals surface area contributed by atoms with Gasteiger partial charge in [-0.1, -0.05) is 11.3 Å². The maximum Gasteiger partial charge on any atom is 0.317 e. The average Bonchev–Trinajstić information content (AvgIpc) is 2.95. The number of anilines is 1. The van der Waals surface area contributed by atoms with Gasteiger partial charge < -0.3 is 9.47 Å². The number of thiazole rings is 1. The summed E-state index contributed by atoms with van der Waals surface area (Å²) in [4.78, 5) is 24.3. The zero-order valence-corrected chi connectivity index (χ0v) is 14.1. The molecule has 7 nitrogen and oxygen atoms in total. The summed E-state index contributed by atoms with van der Waals surface area (Å²) in [5.41, 5.74) is 1.58. The van der Waals surface area contributed by atoms with E-state index in [1.54, 1.807) is 12.3 Å². The van der Waals surface area contributed by atoms with E-state index in [0.717, 1.165) is 21.7 Å². The van der Waals surface area contributed by atoms with Crippen LogP contribution >= 0.6 is 11.3 Å². The molecule has 0 saturated heterocycles. The minimum atomic E-state index is -0.316. The molecule has 0 aliphatic rings. The first-order valence-electron chi connectivity index (χ1n) is 7.39. The molecule has 3 rings (SSSR count). The highest BCUT2D eigenvalue weighted by Crippen LogP contribution is 2.29. The van der Waals surface area contributed by atoms with Gasteiger partial charge in [0.25, 0.3) is 5.91 Å². The third-order valence-electron chi connectivity index (χ3n) is 3.02. The highest BCUT2D eigenvalue weighted by Gasteiger charge is 2.10. The van der Waals surface area contributed by atoms with Crippen molar-refractivity contribution in [3.05, 3.63) is 36.2 Å². The van der Waals surface area contributed by atoms with Crippen molar-refractivity contribution in [1.82, 2.24) is 15.0 Å². The van der Waals surface area contributed by atoms with E-state index in [0.29, 0.717) is 11.7 Å². The van der Waals surface area contributed by atoms with Crippen molar-refractivity contribution in [3.63, 3.8) is 0 Å². The molecule has 1 N–H and O–H groups in total. The van der Waals surface area contributed by atoms with Crippen molar-refractivity contribution >= 4 is 32.6 Å². The Morgan fingerprint density at radius 1 is 1.25 bits per heavy atom. The van der Waals surface area contributed by atoms with E-state index in [4.69, 9.17) is 9.47 Å². The van der Waals surface area contributed by atoms with E-state index < -0.39 is 0 Å². The lowest BCUT2D eigenvalue weighted by Gasteiger charge is -2.04. The van der Waals surface area contributed by atoms with Gasteiger partial charge in [0.1, 0.15) is 5.75 Å². The van der Waals surface area contributed by atoms with E-state index in [1.807, 2.05) is 32.0 Å². The normalized spacial score (nSPS) is 10.6. The second-order valence-corrected chi connectivity index (χ2v) is 5.93. The number of rotatable bonds is 6. The average molecular weight is 344 g/mol. The molecule has 0 spiro atoms. The summed E-state index contributed by atoms with van der Waals surface area (Å²) in [6, 6.07) is 7.56. The molecule has 1 amide bonds. The van der Waals surface area contributed by atoms with Crippen LogP contribution in [0.1, 0.15) is 12.6 Å². The predicted octanol–water partition coefficient (Wildman–Crippen LogP) is 2.81. The Morgan fingerprint density at radius 2 is 2.12 bits per heavy atom. The number of carbonyl (C=O) groups is 1. The SMILES string of the molecule is CCOc1ccc2nc(NC(=O)COc3nccc(C)n3)sc2c1. The monoisotopic (exact) mass is 344 g/mol. The van der Waals surface area contributed by atoms with Crippen molar-refractivity contribution in [2.75, 3.05) is 18.5 Å². The van der Waals surface area contributed by atoms with Crippen molar-refractivity contribution in [3.8, 4) is 11.8 Å². The minimum Gasteiger partial charge on any atom is -0.494 e. The number of nitrogens with one attached hydrogen (secondary N) is 1. The van der Waals surface area contributed by atoms with Gasteiger partial charge in [-0.2, -0.15) is 0 Å². The minimum absolute atomic E-state index is 0.177. The highest BCUT2D eigenvalue weighted by atomic mass is 32.1. The standard InChI is InChI=1S/C16H16N4O3S/c1-3-22-11-4-5-12-13(8-11)24-16(19-12)20-14(21)9-23-15-17-7-6-10(2)18-15/h4-8H,3,9H2,1-2H3,(H,19,20,21). The molecule has 3 aromatic rings. The van der Waals surface area contributed by atoms with Crippen LogP contribution in [0.4, 0.5) is 5.13 Å². The van der Waals surface area contributed by atoms with Gasteiger partial charge >= 0.3 is 6.01 Å². The van der Waals surface area contributed by atoms with E-state index >= 15 is 0 Å². The van der Waals surface area contributed by atoms with Gasteiger partial charge in [-0.05, 0) is 38.1 Å². The first-order chi connectivity index (χ1) is 11.6. The number of hydrogen-bond acceptors (Lipinski definition) is 7. The quantitative estimate of drug-likeness (QED) is 0.740. The molecular formula is C16H16N4O3S. The Labute approximate surface area is 142 Å². The molecule has 0 aliphatic heterocycles. The Hall–Kier alpha value is -2.74. The van der Waals surface area contributed by atoms with Gasteiger partial charge in [0, 0.05) is 11.9 Å². The van der Waals surface area contributed by atoms with Crippen molar-refractivity contribution in [2.45, 2.75) is 13.8 Å². The van der Waals surface area contributed by atoms with Crippen LogP contribution in [0.3, 0.4) is 0 Å². The molecular weight excluding hydrogens is 328 g/mol. The first kappa shape index (κ1) is 16.1. The molecule has 0 saturated carbocycles. The van der Waals surface area contributed by atoms with Crippen LogP contribution in [-0.2, 0) is 4.79 Å². The van der Waals surface area contributed by atoms with Gasteiger partial charge in [-0.25, -0.2) is 15.0 Å². The Kier molecular flexibility index (Phi) is 4.85. The topological polar surface area (TPSA) is 86.2 Å². The number of nitrogens with zero attached hydrogens (tertiary/aromatic N) is 3. The molecule has 0 atom stereocenters. The maximum absolute atomic E-state index is 12.0. The molecule has 0 radical (unpaired) electrons. The summed E-state index contributed by atoms with van der Waals surface area (Å²) >= 11 is 1.38. The summed E-state index contributed by atoms with van der Waals surface area (Å²) in [6.45, 7) is 4.18. The smallest absolute Gasteiger partial charge is 0.317 e. The Bertz CT molecular complexity index is 865. The van der Waals surface area contributed by atoms with Gasteiger partial charge in [0.05, 0.1) is 16.8 Å². The van der Waals surface area contributed by atoms with E-state index in [9.17, 15) is 4.79 Å². The second kappa shape index (κ2) is 7.22. The van der Waals surface area contributed by atoms with E-state index in [1.165, 1.54) is 11.3 Å². The van der Waals surface area contributed by atoms with Crippen molar-refractivity contribution < 1.29 is 14.3 Å². The largest absolute Gasteiger partial charge is 0.494 e. The highest BCUT2D eigenvalue weighted by molar-refractivity contribution is 7.22. The number of aromatic nitrogens is 3. The number of benzene rings is 1. The molecule has 2 aromatic heterocycles. The zero-order chi connectivity index (χ0) is 16.9. The molecule has 0 fully saturated rings. The van der Waals surface area contributed by atoms with E-state index in [2.05, 4.69) is 20.3 Å². The lowest BCUT2D eigenvalue weighted by atomic mass is 10.3. The molecule has 2 heterocycles. The lowest BCUT2D eigenvalue weighted by Crippen LogP contribution is -2.20. The van der Waals surface area contributed by atoms with Gasteiger partial charge in [0.15, 0.2) is 11.7 Å².